The van der Waals surface area contributed by atoms with Gasteiger partial charge in [-0.2, -0.15) is 24.4 Å². The Balaban J connectivity index is 0.00000168. The first kappa shape index (κ1) is 78.8. The molecule has 2 aromatic carbocycles. The minimum absolute atomic E-state index is 0.00481. The lowest BCUT2D eigenvalue weighted by Gasteiger charge is -2.40. The first-order valence-electron chi connectivity index (χ1n) is 28.7. The average Bonchev–Trinajstić information content (AvgIpc) is 3.59. The molecule has 0 aliphatic carbocycles. The van der Waals surface area contributed by atoms with Crippen LogP contribution < -0.4 is 30.7 Å². The molecule has 0 radical (unpaired) electrons. The SMILES string of the molecule is CCOc1ccc(C(C)(C)[C@H](NC)C(=O)N[C@@H](C)C(=O)N(C)[C@H](/C=C(\C)C(=O)O)C(C)C)cc1.CN[C@H](C(=O)N[C@H](C(=O)N(C)[C@H](/C=C(\C)C(=O)O)C(C)C)C(C)(C)C)C(C)(C)c1ccc(OCCOCCOCCOCCSC)cc1.CS. The molecule has 19 nitrogen and oxygen atoms in total. The molecule has 0 bridgehead atoms. The average molecular weight is 1220 g/mol. The van der Waals surface area contributed by atoms with E-state index in [4.69, 9.17) is 23.7 Å². The summed E-state index contributed by atoms with van der Waals surface area (Å²) in [5.41, 5.74) is 0.360. The van der Waals surface area contributed by atoms with Crippen LogP contribution in [0.2, 0.25) is 0 Å². The van der Waals surface area contributed by atoms with Crippen LogP contribution in [-0.4, -0.2) is 191 Å². The molecule has 0 saturated carbocycles. The summed E-state index contributed by atoms with van der Waals surface area (Å²) in [5, 5.41) is 30.8. The van der Waals surface area contributed by atoms with E-state index in [1.165, 1.54) is 23.6 Å². The minimum atomic E-state index is -1.04. The number of aliphatic carboxylic acids is 2. The van der Waals surface area contributed by atoms with Gasteiger partial charge in [0.15, 0.2) is 0 Å². The number of amides is 4. The molecule has 84 heavy (non-hydrogen) atoms. The molecule has 6 N–H and O–H groups in total. The zero-order chi connectivity index (χ0) is 64.7. The number of nitrogens with zero attached hydrogens (tertiary/aromatic N) is 2. The van der Waals surface area contributed by atoms with Crippen molar-refractivity contribution in [2.45, 2.75) is 151 Å². The molecule has 0 heterocycles. The Morgan fingerprint density at radius 2 is 0.929 bits per heavy atom. The van der Waals surface area contributed by atoms with Crippen molar-refractivity contribution < 1.29 is 62.7 Å². The molecule has 0 fully saturated rings. The predicted octanol–water partition coefficient (Wildman–Crippen LogP) is 7.90. The summed E-state index contributed by atoms with van der Waals surface area (Å²) in [6.07, 6.45) is 6.91. The number of ether oxygens (including phenoxy) is 5. The highest BCUT2D eigenvalue weighted by Crippen LogP contribution is 2.32. The van der Waals surface area contributed by atoms with Crippen molar-refractivity contribution in [1.82, 2.24) is 31.1 Å². The third-order valence-corrected chi connectivity index (χ3v) is 14.9. The molecule has 4 amide bonds. The molecule has 478 valence electrons. The second-order valence-corrected chi connectivity index (χ2v) is 24.2. The number of benzene rings is 2. The molecule has 0 aliphatic rings. The third-order valence-electron chi connectivity index (χ3n) is 14.3. The van der Waals surface area contributed by atoms with Gasteiger partial charge in [-0.15, -0.1) is 0 Å². The summed E-state index contributed by atoms with van der Waals surface area (Å²) in [5.74, 6) is -0.871. The lowest BCUT2D eigenvalue weighted by molar-refractivity contribution is -0.141. The lowest BCUT2D eigenvalue weighted by Crippen LogP contribution is -2.61. The maximum absolute atomic E-state index is 13.9. The van der Waals surface area contributed by atoms with Crippen LogP contribution in [0.3, 0.4) is 0 Å². The van der Waals surface area contributed by atoms with Gasteiger partial charge in [0.2, 0.25) is 23.6 Å². The van der Waals surface area contributed by atoms with E-state index in [1.807, 2.05) is 138 Å². The molecule has 0 aromatic heterocycles. The van der Waals surface area contributed by atoms with Crippen molar-refractivity contribution in [3.05, 3.63) is 83.0 Å². The van der Waals surface area contributed by atoms with E-state index in [9.17, 15) is 39.0 Å². The van der Waals surface area contributed by atoms with Gasteiger partial charge >= 0.3 is 11.9 Å². The zero-order valence-electron chi connectivity index (χ0n) is 54.4. The van der Waals surface area contributed by atoms with Crippen molar-refractivity contribution in [2.24, 2.45) is 17.3 Å². The number of carbonyl (C=O) groups excluding carboxylic acids is 4. The first-order chi connectivity index (χ1) is 39.3. The topological polar surface area (TPSA) is 244 Å². The van der Waals surface area contributed by atoms with Gasteiger partial charge in [-0.25, -0.2) is 9.59 Å². The summed E-state index contributed by atoms with van der Waals surface area (Å²) in [6.45, 7) is 32.1. The monoisotopic (exact) mass is 1220 g/mol. The Hall–Kier alpha value is -5.16. The highest BCUT2D eigenvalue weighted by molar-refractivity contribution is 7.98. The van der Waals surface area contributed by atoms with Crippen molar-refractivity contribution >= 4 is 60.0 Å². The summed E-state index contributed by atoms with van der Waals surface area (Å²) >= 11 is 5.28. The van der Waals surface area contributed by atoms with E-state index in [2.05, 4.69) is 33.9 Å². The van der Waals surface area contributed by atoms with Crippen LogP contribution in [0, 0.1) is 17.3 Å². The Morgan fingerprint density at radius 3 is 1.27 bits per heavy atom. The fraction of sp³-hybridized carbons (Fsp3) is 0.651. The summed E-state index contributed by atoms with van der Waals surface area (Å²) < 4.78 is 27.9. The standard InChI is InChI=1S/C36H61N3O8S.C26H41N3O5.CH4S/c1-25(2)29(24-26(3)34(42)43)39(10)33(41)31(35(4,5)6)38-32(40)30(37-9)36(7,8)27-12-14-28(15-13-27)47-21-20-45-17-16-44-18-19-46-22-23-48-11;1-10-34-20-13-11-19(12-14-20)26(6,7)22(27-8)23(30)28-18(5)24(31)29(9)21(16(2)3)15-17(4)25(32)33;1-2/h12-15,24-25,29-31,37H,16-23H2,1-11H3,(H,38,40)(H,42,43);11-16,18,21-22,27H,10H2,1-9H3,(H,28,30)(H,32,33);2H,1H3/b26-24+;17-15+;/t29-,30-,31-;18-,21+,22+;/m10./s1. The normalized spacial score (nSPS) is 14.3. The molecule has 0 aliphatic heterocycles. The maximum atomic E-state index is 13.9. The number of hydrogen-bond acceptors (Lipinski definition) is 15. The third kappa shape index (κ3) is 26.2. The largest absolute Gasteiger partial charge is 0.494 e. The summed E-state index contributed by atoms with van der Waals surface area (Å²) in [4.78, 5) is 79.9. The van der Waals surface area contributed by atoms with Crippen LogP contribution >= 0.6 is 24.4 Å². The van der Waals surface area contributed by atoms with Gasteiger partial charge < -0.3 is 65.0 Å². The number of thiol groups is 1. The van der Waals surface area contributed by atoms with Gasteiger partial charge in [0.25, 0.3) is 0 Å². The van der Waals surface area contributed by atoms with Gasteiger partial charge in [-0.05, 0) is 107 Å². The van der Waals surface area contributed by atoms with Gasteiger partial charge in [0.05, 0.1) is 70.4 Å². The quantitative estimate of drug-likeness (QED) is 0.0197. The van der Waals surface area contributed by atoms with E-state index in [0.29, 0.717) is 52.0 Å². The fourth-order valence-corrected chi connectivity index (χ4v) is 9.48. The lowest BCUT2D eigenvalue weighted by atomic mass is 9.76. The summed E-state index contributed by atoms with van der Waals surface area (Å²) in [6, 6.07) is 11.5. The van der Waals surface area contributed by atoms with Gasteiger partial charge in [0, 0.05) is 41.8 Å². The van der Waals surface area contributed by atoms with Gasteiger partial charge in [-0.1, -0.05) is 113 Å². The Labute approximate surface area is 513 Å². The highest BCUT2D eigenvalue weighted by atomic mass is 32.2. The number of nitrogens with one attached hydrogen (secondary N) is 4. The van der Waals surface area contributed by atoms with Crippen molar-refractivity contribution in [3.8, 4) is 11.5 Å². The van der Waals surface area contributed by atoms with E-state index in [0.717, 1.165) is 29.2 Å². The van der Waals surface area contributed by atoms with Crippen molar-refractivity contribution in [1.29, 1.82) is 0 Å². The van der Waals surface area contributed by atoms with Gasteiger partial charge in [0.1, 0.15) is 30.2 Å². The van der Waals surface area contributed by atoms with Crippen LogP contribution in [0.1, 0.15) is 115 Å². The number of likely N-dealkylation sites (N-methyl/N-ethyl adjacent to an activating group) is 4. The van der Waals surface area contributed by atoms with Crippen LogP contribution in [0.5, 0.6) is 11.5 Å². The smallest absolute Gasteiger partial charge is 0.331 e. The zero-order valence-corrected chi connectivity index (χ0v) is 56.1. The maximum Gasteiger partial charge on any atom is 0.331 e. The first-order valence-corrected chi connectivity index (χ1v) is 31.0. The predicted molar refractivity (Wildman–Crippen MR) is 342 cm³/mol. The molecule has 2 rings (SSSR count). The molecule has 6 atom stereocenters. The number of carbonyl (C=O) groups is 6. The Bertz CT molecular complexity index is 2360. The molecule has 0 spiro atoms. The van der Waals surface area contributed by atoms with Crippen LogP contribution in [0.4, 0.5) is 0 Å². The van der Waals surface area contributed by atoms with E-state index in [-0.39, 0.29) is 46.6 Å². The number of hydrogen-bond donors (Lipinski definition) is 7. The molecule has 0 saturated heterocycles. The van der Waals surface area contributed by atoms with Gasteiger partial charge in [-0.3, -0.25) is 19.2 Å². The van der Waals surface area contributed by atoms with Crippen LogP contribution in [0.25, 0.3) is 0 Å². The van der Waals surface area contributed by atoms with E-state index >= 15 is 0 Å². The molecule has 2 aromatic rings. The second-order valence-electron chi connectivity index (χ2n) is 23.3. The number of carboxylic acid groups (broad SMARTS) is 2. The minimum Gasteiger partial charge on any atom is -0.494 e. The molecule has 21 heteroatoms. The number of thioether (sulfide) groups is 1. The second kappa shape index (κ2) is 39.5. The Kier molecular flexibility index (Phi) is 37.1. The summed E-state index contributed by atoms with van der Waals surface area (Å²) in [7, 11) is 6.72. The number of rotatable bonds is 35. The highest BCUT2D eigenvalue weighted by Gasteiger charge is 2.42. The Morgan fingerprint density at radius 1 is 0.571 bits per heavy atom. The molecular weight excluding hydrogens is 1110 g/mol. The number of carboxylic acids is 2. The van der Waals surface area contributed by atoms with Crippen LogP contribution in [0.15, 0.2) is 71.8 Å². The van der Waals surface area contributed by atoms with E-state index < -0.39 is 64.4 Å². The van der Waals surface area contributed by atoms with E-state index in [1.54, 1.807) is 65.3 Å². The molecule has 0 unspecified atom stereocenters. The van der Waals surface area contributed by atoms with Crippen molar-refractivity contribution in [2.75, 3.05) is 99.3 Å². The molecular formula is C63H106N6O13S2. The van der Waals surface area contributed by atoms with Crippen molar-refractivity contribution in [3.63, 3.8) is 0 Å². The fourth-order valence-electron chi connectivity index (χ4n) is 9.20. The van der Waals surface area contributed by atoms with Crippen LogP contribution in [-0.2, 0) is 53.8 Å².